The van der Waals surface area contributed by atoms with Gasteiger partial charge in [-0.15, -0.1) is 0 Å². The highest BCUT2D eigenvalue weighted by Gasteiger charge is 2.23. The molecule has 2 rings (SSSR count). The van der Waals surface area contributed by atoms with Crippen molar-refractivity contribution >= 4 is 26.7 Å². The van der Waals surface area contributed by atoms with Crippen molar-refractivity contribution in [3.8, 4) is 0 Å². The molecule has 1 aromatic heterocycles. The molecule has 1 N–H and O–H groups in total. The summed E-state index contributed by atoms with van der Waals surface area (Å²) >= 11 is 0. The van der Waals surface area contributed by atoms with E-state index in [4.69, 9.17) is 0 Å². The summed E-state index contributed by atoms with van der Waals surface area (Å²) in [6, 6.07) is 3.11. The first-order valence-corrected chi connectivity index (χ1v) is 6.28. The molecule has 0 saturated heterocycles. The summed E-state index contributed by atoms with van der Waals surface area (Å²) in [4.78, 5) is 0.0813. The Balaban J connectivity index is 2.78. The summed E-state index contributed by atoms with van der Waals surface area (Å²) in [5.41, 5.74) is 1.29. The van der Waals surface area contributed by atoms with Crippen LogP contribution in [0.2, 0.25) is 0 Å². The van der Waals surface area contributed by atoms with Gasteiger partial charge < -0.3 is 5.32 Å². The molecule has 1 aromatic carbocycles. The van der Waals surface area contributed by atoms with Gasteiger partial charge in [-0.05, 0) is 22.4 Å². The Morgan fingerprint density at radius 1 is 1.24 bits per heavy atom. The van der Waals surface area contributed by atoms with E-state index in [1.165, 1.54) is 20.2 Å². The molecule has 2 aromatic rings. The van der Waals surface area contributed by atoms with Crippen LogP contribution < -0.4 is 5.32 Å². The van der Waals surface area contributed by atoms with Gasteiger partial charge in [-0.3, -0.25) is 0 Å². The minimum Gasteiger partial charge on any atom is -0.386 e. The Labute approximate surface area is 98.4 Å². The van der Waals surface area contributed by atoms with Crippen LogP contribution in [0.4, 0.5) is 5.69 Å². The molecule has 0 fully saturated rings. The van der Waals surface area contributed by atoms with Crippen molar-refractivity contribution < 1.29 is 13.0 Å². The van der Waals surface area contributed by atoms with Crippen molar-refractivity contribution in [2.24, 2.45) is 0 Å². The highest BCUT2D eigenvalue weighted by atomic mass is 32.2. The minimum atomic E-state index is -3.56. The summed E-state index contributed by atoms with van der Waals surface area (Å²) in [5, 5.41) is 10.2. The van der Waals surface area contributed by atoms with Crippen molar-refractivity contribution in [1.29, 1.82) is 0 Å². The van der Waals surface area contributed by atoms with Crippen LogP contribution in [0.5, 0.6) is 0 Å². The number of nitrogens with zero attached hydrogens (tertiary/aromatic N) is 3. The summed E-state index contributed by atoms with van der Waals surface area (Å²) < 4.78 is 29.8. The number of aromatic nitrogens is 2. The number of fused-ring (bicyclic) bond motifs is 1. The fraction of sp³-hybridized carbons (Fsp3) is 0.333. The predicted octanol–water partition coefficient (Wildman–Crippen LogP) is 0.515. The normalized spacial score (nSPS) is 12.2. The van der Waals surface area contributed by atoms with Gasteiger partial charge in [0.05, 0.1) is 5.69 Å². The molecule has 0 amide bonds. The molecule has 0 saturated carbocycles. The molecule has 0 atom stereocenters. The molecule has 17 heavy (non-hydrogen) atoms. The van der Waals surface area contributed by atoms with Crippen LogP contribution in [-0.4, -0.2) is 44.2 Å². The summed E-state index contributed by atoms with van der Waals surface area (Å²) in [6.45, 7) is 0. The molecule has 8 heteroatoms. The van der Waals surface area contributed by atoms with E-state index >= 15 is 0 Å². The molecular weight excluding hydrogens is 244 g/mol. The molecule has 0 aliphatic heterocycles. The molecule has 1 heterocycles. The first-order valence-electron chi connectivity index (χ1n) is 4.84. The van der Waals surface area contributed by atoms with Gasteiger partial charge in [-0.1, -0.05) is 0 Å². The first-order chi connectivity index (χ1) is 7.98. The fourth-order valence-corrected chi connectivity index (χ4v) is 2.46. The van der Waals surface area contributed by atoms with E-state index in [2.05, 4.69) is 20.3 Å². The van der Waals surface area contributed by atoms with Gasteiger partial charge in [-0.25, -0.2) is 17.4 Å². The van der Waals surface area contributed by atoms with Crippen molar-refractivity contribution in [3.05, 3.63) is 12.1 Å². The number of hydrogen-bond donors (Lipinski definition) is 1. The molecular formula is C9H12N4O3S. The van der Waals surface area contributed by atoms with E-state index in [1.54, 1.807) is 13.1 Å². The smallest absolute Gasteiger partial charge is 0.244 e. The second kappa shape index (κ2) is 3.97. The van der Waals surface area contributed by atoms with E-state index in [1.807, 2.05) is 0 Å². The maximum absolute atomic E-state index is 12.0. The monoisotopic (exact) mass is 256 g/mol. The van der Waals surface area contributed by atoms with Crippen LogP contribution in [0.3, 0.4) is 0 Å². The van der Waals surface area contributed by atoms with E-state index < -0.39 is 10.0 Å². The molecule has 0 aliphatic carbocycles. The van der Waals surface area contributed by atoms with Gasteiger partial charge in [0.25, 0.3) is 0 Å². The van der Waals surface area contributed by atoms with Gasteiger partial charge >= 0.3 is 0 Å². The quantitative estimate of drug-likeness (QED) is 0.861. The number of sulfonamides is 1. The van der Waals surface area contributed by atoms with Gasteiger partial charge in [-0.2, -0.15) is 0 Å². The standard InChI is InChI=1S/C9H12N4O3S/c1-10-6-4-5-7(17(14,15)13(2)3)9-8(6)11-16-12-9/h4-5,10H,1-3H3. The lowest BCUT2D eigenvalue weighted by atomic mass is 10.2. The Morgan fingerprint density at radius 3 is 2.47 bits per heavy atom. The Morgan fingerprint density at radius 2 is 1.88 bits per heavy atom. The summed E-state index contributed by atoms with van der Waals surface area (Å²) in [5.74, 6) is 0. The van der Waals surface area contributed by atoms with Crippen molar-refractivity contribution in [2.45, 2.75) is 4.90 Å². The topological polar surface area (TPSA) is 88.3 Å². The Hall–Kier alpha value is -1.67. The van der Waals surface area contributed by atoms with Crippen LogP contribution in [0.1, 0.15) is 0 Å². The number of hydrogen-bond acceptors (Lipinski definition) is 6. The average molecular weight is 256 g/mol. The van der Waals surface area contributed by atoms with Crippen LogP contribution in [0.15, 0.2) is 21.7 Å². The Kier molecular flexibility index (Phi) is 2.76. The van der Waals surface area contributed by atoms with Gasteiger partial charge in [0.1, 0.15) is 4.90 Å². The maximum atomic E-state index is 12.0. The van der Waals surface area contributed by atoms with Gasteiger partial charge in [0.2, 0.25) is 10.0 Å². The van der Waals surface area contributed by atoms with E-state index in [0.717, 1.165) is 4.31 Å². The SMILES string of the molecule is CNc1ccc(S(=O)(=O)N(C)C)c2nonc12. The number of benzene rings is 1. The van der Waals surface area contributed by atoms with Gasteiger partial charge in [0.15, 0.2) is 11.0 Å². The third-order valence-corrected chi connectivity index (χ3v) is 4.25. The number of rotatable bonds is 3. The third-order valence-electron chi connectivity index (χ3n) is 2.41. The van der Waals surface area contributed by atoms with Crippen LogP contribution in [-0.2, 0) is 10.0 Å². The van der Waals surface area contributed by atoms with Crippen LogP contribution >= 0.6 is 0 Å². The molecule has 0 aliphatic rings. The lowest BCUT2D eigenvalue weighted by Gasteiger charge is -2.11. The first kappa shape index (κ1) is 11.8. The number of anilines is 1. The fourth-order valence-electron chi connectivity index (χ4n) is 1.45. The molecule has 0 bridgehead atoms. The van der Waals surface area contributed by atoms with E-state index in [0.29, 0.717) is 11.2 Å². The molecule has 0 spiro atoms. The lowest BCUT2D eigenvalue weighted by Crippen LogP contribution is -2.22. The van der Waals surface area contributed by atoms with Crippen molar-refractivity contribution in [2.75, 3.05) is 26.5 Å². The van der Waals surface area contributed by atoms with E-state index in [9.17, 15) is 8.42 Å². The van der Waals surface area contributed by atoms with Crippen LogP contribution in [0, 0.1) is 0 Å². The molecule has 0 radical (unpaired) electrons. The largest absolute Gasteiger partial charge is 0.386 e. The zero-order chi connectivity index (χ0) is 12.6. The zero-order valence-electron chi connectivity index (χ0n) is 9.63. The third kappa shape index (κ3) is 1.75. The highest BCUT2D eigenvalue weighted by molar-refractivity contribution is 7.89. The van der Waals surface area contributed by atoms with E-state index in [-0.39, 0.29) is 10.4 Å². The Bertz CT molecular complexity index is 647. The van der Waals surface area contributed by atoms with Crippen molar-refractivity contribution in [1.82, 2.24) is 14.6 Å². The van der Waals surface area contributed by atoms with Crippen LogP contribution in [0.25, 0.3) is 11.0 Å². The average Bonchev–Trinajstić information content (AvgIpc) is 2.75. The highest BCUT2D eigenvalue weighted by Crippen LogP contribution is 2.27. The molecule has 92 valence electrons. The van der Waals surface area contributed by atoms with Gasteiger partial charge in [0, 0.05) is 21.1 Å². The predicted molar refractivity (Wildman–Crippen MR) is 62.2 cm³/mol. The zero-order valence-corrected chi connectivity index (χ0v) is 10.4. The maximum Gasteiger partial charge on any atom is 0.244 e. The van der Waals surface area contributed by atoms with Crippen molar-refractivity contribution in [3.63, 3.8) is 0 Å². The molecule has 7 nitrogen and oxygen atoms in total. The summed E-state index contributed by atoms with van der Waals surface area (Å²) in [7, 11) is 1.07. The number of nitrogens with one attached hydrogen (secondary N) is 1. The molecule has 0 unspecified atom stereocenters. The second-order valence-electron chi connectivity index (χ2n) is 3.61. The summed E-state index contributed by atoms with van der Waals surface area (Å²) in [6.07, 6.45) is 0. The lowest BCUT2D eigenvalue weighted by molar-refractivity contribution is 0.315. The minimum absolute atomic E-state index is 0.0813. The second-order valence-corrected chi connectivity index (χ2v) is 5.73.